The van der Waals surface area contributed by atoms with Crippen LogP contribution in [-0.2, 0) is 27.1 Å². The summed E-state index contributed by atoms with van der Waals surface area (Å²) in [6.45, 7) is 36.1. The summed E-state index contributed by atoms with van der Waals surface area (Å²) in [7, 11) is 0. The summed E-state index contributed by atoms with van der Waals surface area (Å²) >= 11 is 0. The first kappa shape index (κ1) is 42.8. The number of anilines is 5. The van der Waals surface area contributed by atoms with Crippen molar-refractivity contribution in [2.45, 2.75) is 162 Å². The lowest BCUT2D eigenvalue weighted by atomic mass is 9.33. The van der Waals surface area contributed by atoms with Gasteiger partial charge in [-0.15, -0.1) is 0 Å². The molecule has 7 aromatic rings. The molecule has 67 heavy (non-hydrogen) atoms. The van der Waals surface area contributed by atoms with Crippen molar-refractivity contribution in [1.82, 2.24) is 4.57 Å². The fourth-order valence-corrected chi connectivity index (χ4v) is 14.0. The number of para-hydroxylation sites is 1. The predicted molar refractivity (Wildman–Crippen MR) is 289 cm³/mol. The van der Waals surface area contributed by atoms with E-state index in [1.807, 2.05) is 0 Å². The highest BCUT2D eigenvalue weighted by Gasteiger charge is 2.61. The molecular formula is C63H70BN3. The molecule has 3 nitrogen and oxygen atoms in total. The van der Waals surface area contributed by atoms with E-state index >= 15 is 0 Å². The summed E-state index contributed by atoms with van der Waals surface area (Å²) in [5, 5.41) is 1.41. The van der Waals surface area contributed by atoms with Gasteiger partial charge in [-0.3, -0.25) is 0 Å². The summed E-state index contributed by atoms with van der Waals surface area (Å²) in [6, 6.07) is 41.7. The Hall–Kier alpha value is -5.48. The van der Waals surface area contributed by atoms with Crippen LogP contribution in [0.15, 0.2) is 103 Å². The van der Waals surface area contributed by atoms with Crippen molar-refractivity contribution < 1.29 is 0 Å². The first-order valence-corrected chi connectivity index (χ1v) is 25.4. The van der Waals surface area contributed by atoms with Gasteiger partial charge in [0.25, 0.3) is 6.71 Å². The molecule has 5 aliphatic rings. The third-order valence-corrected chi connectivity index (χ3v) is 18.0. The van der Waals surface area contributed by atoms with Crippen LogP contribution in [0.4, 0.5) is 28.4 Å². The maximum absolute atomic E-state index is 2.91. The first-order chi connectivity index (χ1) is 31.5. The van der Waals surface area contributed by atoms with Crippen molar-refractivity contribution in [3.63, 3.8) is 0 Å². The normalized spacial score (nSPS) is 20.7. The second kappa shape index (κ2) is 13.4. The monoisotopic (exact) mass is 880 g/mol. The Morgan fingerprint density at radius 2 is 1.18 bits per heavy atom. The molecule has 0 bridgehead atoms. The zero-order valence-electron chi connectivity index (χ0n) is 43.1. The number of hydrogen-bond donors (Lipinski definition) is 0. The Bertz CT molecular complexity index is 3240. The van der Waals surface area contributed by atoms with Gasteiger partial charge in [0.15, 0.2) is 0 Å². The van der Waals surface area contributed by atoms with Crippen molar-refractivity contribution in [2.75, 3.05) is 9.80 Å². The second-order valence-electron chi connectivity index (χ2n) is 25.5. The van der Waals surface area contributed by atoms with Gasteiger partial charge in [0.2, 0.25) is 0 Å². The van der Waals surface area contributed by atoms with Crippen molar-refractivity contribution in [2.24, 2.45) is 0 Å². The zero-order valence-corrected chi connectivity index (χ0v) is 43.1. The Morgan fingerprint density at radius 3 is 1.81 bits per heavy atom. The largest absolute Gasteiger partial charge is 0.335 e. The van der Waals surface area contributed by atoms with Crippen molar-refractivity contribution in [3.8, 4) is 16.9 Å². The Morgan fingerprint density at radius 1 is 0.582 bits per heavy atom. The van der Waals surface area contributed by atoms with Gasteiger partial charge >= 0.3 is 0 Å². The van der Waals surface area contributed by atoms with E-state index in [-0.39, 0.29) is 39.3 Å². The molecular weight excluding hydrogens is 810 g/mol. The van der Waals surface area contributed by atoms with E-state index in [1.165, 1.54) is 137 Å². The van der Waals surface area contributed by atoms with Gasteiger partial charge in [-0.05, 0) is 141 Å². The van der Waals surface area contributed by atoms with Gasteiger partial charge < -0.3 is 14.4 Å². The smallest absolute Gasteiger partial charge is 0.252 e. The summed E-state index contributed by atoms with van der Waals surface area (Å²) < 4.78 is 2.77. The van der Waals surface area contributed by atoms with Crippen LogP contribution in [0.3, 0.4) is 0 Å². The average Bonchev–Trinajstić information content (AvgIpc) is 3.81. The third-order valence-electron chi connectivity index (χ3n) is 18.0. The lowest BCUT2D eigenvalue weighted by Gasteiger charge is -2.52. The van der Waals surface area contributed by atoms with E-state index in [0.29, 0.717) is 0 Å². The highest BCUT2D eigenvalue weighted by atomic mass is 15.3. The topological polar surface area (TPSA) is 11.4 Å². The number of rotatable bonds is 3. The highest BCUT2D eigenvalue weighted by Crippen LogP contribution is 2.63. The number of aromatic nitrogens is 1. The molecule has 4 heteroatoms. The first-order valence-electron chi connectivity index (χ1n) is 25.4. The lowest BCUT2D eigenvalue weighted by Crippen LogP contribution is -2.64. The maximum Gasteiger partial charge on any atom is 0.252 e. The van der Waals surface area contributed by atoms with E-state index in [4.69, 9.17) is 0 Å². The van der Waals surface area contributed by atoms with Crippen molar-refractivity contribution in [3.05, 3.63) is 148 Å². The minimum Gasteiger partial charge on any atom is -0.335 e. The fourth-order valence-electron chi connectivity index (χ4n) is 14.0. The van der Waals surface area contributed by atoms with Crippen LogP contribution in [0.1, 0.15) is 160 Å². The van der Waals surface area contributed by atoms with Crippen LogP contribution in [0.5, 0.6) is 0 Å². The summed E-state index contributed by atoms with van der Waals surface area (Å²) in [4.78, 5) is 5.54. The molecule has 1 fully saturated rings. The Balaban J connectivity index is 1.26. The van der Waals surface area contributed by atoms with E-state index in [9.17, 15) is 0 Å². The minimum atomic E-state index is -0.173. The molecule has 1 aromatic heterocycles. The van der Waals surface area contributed by atoms with Gasteiger partial charge in [0.1, 0.15) is 0 Å². The van der Waals surface area contributed by atoms with Crippen LogP contribution in [0, 0.1) is 13.8 Å². The van der Waals surface area contributed by atoms with Gasteiger partial charge in [-0.25, -0.2) is 0 Å². The predicted octanol–water partition coefficient (Wildman–Crippen LogP) is 14.8. The molecule has 0 amide bonds. The molecule has 4 heterocycles. The number of nitrogens with zero attached hydrogens (tertiary/aromatic N) is 3. The molecule has 340 valence electrons. The van der Waals surface area contributed by atoms with Gasteiger partial charge in [0.05, 0.1) is 16.9 Å². The van der Waals surface area contributed by atoms with Crippen LogP contribution >= 0.6 is 0 Å². The minimum absolute atomic E-state index is 0.0214. The lowest BCUT2D eigenvalue weighted by molar-refractivity contribution is 0.195. The summed E-state index contributed by atoms with van der Waals surface area (Å²) in [5.74, 6) is 0. The molecule has 2 unspecified atom stereocenters. The average molecular weight is 880 g/mol. The molecule has 0 radical (unpaired) electrons. The van der Waals surface area contributed by atoms with Gasteiger partial charge in [-0.1, -0.05) is 169 Å². The third kappa shape index (κ3) is 5.54. The quantitative estimate of drug-likeness (QED) is 0.164. The summed E-state index contributed by atoms with van der Waals surface area (Å²) in [6.07, 6.45) is 4.89. The maximum atomic E-state index is 2.91. The highest BCUT2D eigenvalue weighted by molar-refractivity contribution is 7.00. The molecule has 0 saturated heterocycles. The zero-order chi connectivity index (χ0) is 47.3. The molecule has 0 N–H and O–H groups in total. The second-order valence-corrected chi connectivity index (χ2v) is 25.5. The van der Waals surface area contributed by atoms with E-state index in [1.54, 1.807) is 5.56 Å². The molecule has 2 atom stereocenters. The van der Waals surface area contributed by atoms with Crippen LogP contribution in [0.25, 0.3) is 27.8 Å². The van der Waals surface area contributed by atoms with Crippen molar-refractivity contribution in [1.29, 1.82) is 0 Å². The molecule has 0 spiro atoms. The number of benzene rings is 6. The van der Waals surface area contributed by atoms with E-state index in [2.05, 4.69) is 221 Å². The molecule has 1 saturated carbocycles. The SMILES string of the molecule is Cc1cc(C(C)(C)C)ccc1N(c1cc2c3c(c1)-n1c4c(c5cc(C(C)(C)C)cc(c51)B3c1cccc3c1N2C1(C)CCCCC31C)C(C)(C)c1ccccc1-4)c1ccc(C(C)(C)C)cc1C. The van der Waals surface area contributed by atoms with Crippen LogP contribution in [0.2, 0.25) is 0 Å². The number of hydrogen-bond acceptors (Lipinski definition) is 2. The molecule has 2 aliphatic carbocycles. The van der Waals surface area contributed by atoms with Crippen LogP contribution < -0.4 is 26.2 Å². The fraction of sp³-hybridized carbons (Fsp3) is 0.397. The number of fused-ring (bicyclic) bond motifs is 12. The molecule has 3 aliphatic heterocycles. The van der Waals surface area contributed by atoms with Crippen LogP contribution in [-0.4, -0.2) is 16.8 Å². The standard InChI is InChI=1S/C63H70BN3/c1-37-31-39(58(3,4)5)25-27-49(37)65(50-28-26-40(32-38(50)2)59(6,7)8)42-35-51-54-52(36-42)67-57-46(62(14)29-18-19-30-63(62,67)15)23-20-24-47(57)64(54)48-34-41(60(9,10)11)33-44-53-56(66(51)55(44)48)43-21-16-17-22-45(43)61(53,12)13/h16-17,20-28,31-36H,18-19,29-30H2,1-15H3. The Labute approximate surface area is 401 Å². The van der Waals surface area contributed by atoms with E-state index in [0.717, 1.165) is 0 Å². The van der Waals surface area contributed by atoms with E-state index < -0.39 is 0 Å². The Kier molecular flexibility index (Phi) is 8.57. The van der Waals surface area contributed by atoms with Gasteiger partial charge in [0, 0.05) is 55.7 Å². The molecule has 6 aromatic carbocycles. The van der Waals surface area contributed by atoms with Gasteiger partial charge in [-0.2, -0.15) is 0 Å². The van der Waals surface area contributed by atoms with Crippen molar-refractivity contribution >= 4 is 62.4 Å². The summed E-state index contributed by atoms with van der Waals surface area (Å²) in [5.41, 5.74) is 27.4. The molecule has 12 rings (SSSR count). The number of aryl methyl sites for hydroxylation is 2.